The number of hydrogen-bond donors (Lipinski definition) is 1. The molecule has 2 amide bonds. The van der Waals surface area contributed by atoms with Gasteiger partial charge in [0.1, 0.15) is 6.54 Å². The summed E-state index contributed by atoms with van der Waals surface area (Å²) in [6, 6.07) is 4.73. The topological polar surface area (TPSA) is 86.8 Å². The van der Waals surface area contributed by atoms with E-state index in [9.17, 15) is 31.2 Å². The van der Waals surface area contributed by atoms with Crippen molar-refractivity contribution in [3.05, 3.63) is 29.8 Å². The highest BCUT2D eigenvalue weighted by atomic mass is 32.2. The Hall–Kier alpha value is -2.14. The zero-order chi connectivity index (χ0) is 20.5. The lowest BCUT2D eigenvalue weighted by Gasteiger charge is -2.34. The van der Waals surface area contributed by atoms with Crippen LogP contribution in [0.2, 0.25) is 0 Å². The third kappa shape index (κ3) is 4.82. The van der Waals surface area contributed by atoms with Crippen molar-refractivity contribution in [3.8, 4) is 0 Å². The van der Waals surface area contributed by atoms with Crippen LogP contribution in [0.4, 0.5) is 13.2 Å². The number of benzene rings is 1. The summed E-state index contributed by atoms with van der Waals surface area (Å²) < 4.78 is 63.2. The lowest BCUT2D eigenvalue weighted by atomic mass is 10.2. The third-order valence-corrected chi connectivity index (χ3v) is 6.59. The standard InChI is InChI=1S/C17H20F3N3O4S/c18-17(19,20)11-21-15(24)12-3-5-14(6-4-12)28(26,27)23-9-7-22(8-10-23)16(25)13-1-2-13/h3-6,13H,1-2,7-11H2,(H,21,24). The van der Waals surface area contributed by atoms with Gasteiger partial charge < -0.3 is 10.2 Å². The van der Waals surface area contributed by atoms with Gasteiger partial charge in [0.2, 0.25) is 15.9 Å². The molecule has 1 aromatic carbocycles. The fraction of sp³-hybridized carbons (Fsp3) is 0.529. The summed E-state index contributed by atoms with van der Waals surface area (Å²) in [6.07, 6.45) is -2.75. The molecular weight excluding hydrogens is 399 g/mol. The van der Waals surface area contributed by atoms with Gasteiger partial charge in [-0.15, -0.1) is 0 Å². The fourth-order valence-corrected chi connectivity index (χ4v) is 4.37. The molecule has 0 unspecified atom stereocenters. The molecule has 11 heteroatoms. The van der Waals surface area contributed by atoms with Crippen molar-refractivity contribution in [2.75, 3.05) is 32.7 Å². The van der Waals surface area contributed by atoms with Gasteiger partial charge in [-0.3, -0.25) is 9.59 Å². The number of amides is 2. The molecule has 1 heterocycles. The summed E-state index contributed by atoms with van der Waals surface area (Å²) in [6.45, 7) is -0.460. The number of hydrogen-bond acceptors (Lipinski definition) is 4. The Balaban J connectivity index is 1.61. The van der Waals surface area contributed by atoms with Crippen LogP contribution in [0, 0.1) is 5.92 Å². The zero-order valence-corrected chi connectivity index (χ0v) is 15.7. The molecule has 2 aliphatic rings. The molecule has 0 bridgehead atoms. The van der Waals surface area contributed by atoms with E-state index in [2.05, 4.69) is 0 Å². The van der Waals surface area contributed by atoms with Crippen molar-refractivity contribution in [3.63, 3.8) is 0 Å². The first-order valence-corrected chi connectivity index (χ1v) is 10.3. The van der Waals surface area contributed by atoms with E-state index in [0.717, 1.165) is 12.8 Å². The van der Waals surface area contributed by atoms with Crippen LogP contribution < -0.4 is 5.32 Å². The average Bonchev–Trinajstić information content (AvgIpc) is 3.50. The molecule has 0 aromatic heterocycles. The first-order valence-electron chi connectivity index (χ1n) is 8.82. The summed E-state index contributed by atoms with van der Waals surface area (Å²) in [5, 5.41) is 1.73. The number of rotatable bonds is 5. The molecule has 3 rings (SSSR count). The van der Waals surface area contributed by atoms with Gasteiger partial charge in [0.05, 0.1) is 4.90 Å². The van der Waals surface area contributed by atoms with Gasteiger partial charge in [0, 0.05) is 37.7 Å². The minimum Gasteiger partial charge on any atom is -0.343 e. The van der Waals surface area contributed by atoms with Crippen molar-refractivity contribution in [1.29, 1.82) is 0 Å². The lowest BCUT2D eigenvalue weighted by Crippen LogP contribution is -2.50. The van der Waals surface area contributed by atoms with Crippen molar-refractivity contribution in [1.82, 2.24) is 14.5 Å². The first kappa shape index (κ1) is 20.6. The Bertz CT molecular complexity index is 843. The second kappa shape index (κ2) is 7.70. The van der Waals surface area contributed by atoms with Crippen molar-refractivity contribution >= 4 is 21.8 Å². The van der Waals surface area contributed by atoms with E-state index in [4.69, 9.17) is 0 Å². The second-order valence-electron chi connectivity index (χ2n) is 6.83. The van der Waals surface area contributed by atoms with Gasteiger partial charge in [-0.1, -0.05) is 0 Å². The largest absolute Gasteiger partial charge is 0.405 e. The SMILES string of the molecule is O=C(NCC(F)(F)F)c1ccc(S(=O)(=O)N2CCN(C(=O)C3CC3)CC2)cc1. The van der Waals surface area contributed by atoms with Gasteiger partial charge in [0.15, 0.2) is 0 Å². The summed E-state index contributed by atoms with van der Waals surface area (Å²) >= 11 is 0. The average molecular weight is 419 g/mol. The van der Waals surface area contributed by atoms with Gasteiger partial charge in [-0.05, 0) is 37.1 Å². The number of halogens is 3. The second-order valence-corrected chi connectivity index (χ2v) is 8.76. The highest BCUT2D eigenvalue weighted by molar-refractivity contribution is 7.89. The van der Waals surface area contributed by atoms with Crippen LogP contribution in [-0.4, -0.2) is 68.3 Å². The Morgan fingerprint density at radius 1 is 1.04 bits per heavy atom. The summed E-state index contributed by atoms with van der Waals surface area (Å²) in [4.78, 5) is 25.4. The first-order chi connectivity index (χ1) is 13.1. The fourth-order valence-electron chi connectivity index (χ4n) is 2.95. The third-order valence-electron chi connectivity index (χ3n) is 4.68. The van der Waals surface area contributed by atoms with E-state index >= 15 is 0 Å². The molecule has 7 nitrogen and oxygen atoms in total. The monoisotopic (exact) mass is 419 g/mol. The number of carbonyl (C=O) groups excluding carboxylic acids is 2. The van der Waals surface area contributed by atoms with Crippen molar-refractivity contribution in [2.45, 2.75) is 23.9 Å². The Kier molecular flexibility index (Phi) is 5.67. The normalized spacial score (nSPS) is 18.8. The maximum Gasteiger partial charge on any atom is 0.405 e. The minimum atomic E-state index is -4.53. The molecule has 1 aromatic rings. The minimum absolute atomic E-state index is 0.0539. The number of carbonyl (C=O) groups is 2. The number of nitrogens with one attached hydrogen (secondary N) is 1. The van der Waals surface area contributed by atoms with Crippen LogP contribution in [0.3, 0.4) is 0 Å². The quantitative estimate of drug-likeness (QED) is 0.778. The molecule has 1 N–H and O–H groups in total. The van der Waals surface area contributed by atoms with E-state index in [0.29, 0.717) is 13.1 Å². The number of alkyl halides is 3. The van der Waals surface area contributed by atoms with E-state index in [1.54, 1.807) is 10.2 Å². The van der Waals surface area contributed by atoms with E-state index < -0.39 is 28.7 Å². The van der Waals surface area contributed by atoms with E-state index in [1.165, 1.54) is 28.6 Å². The Morgan fingerprint density at radius 3 is 2.11 bits per heavy atom. The van der Waals surface area contributed by atoms with Gasteiger partial charge >= 0.3 is 6.18 Å². The van der Waals surface area contributed by atoms with Crippen LogP contribution in [0.5, 0.6) is 0 Å². The molecule has 0 spiro atoms. The summed E-state index contributed by atoms with van der Waals surface area (Å²) in [5.74, 6) is -0.779. The zero-order valence-electron chi connectivity index (χ0n) is 14.9. The van der Waals surface area contributed by atoms with Gasteiger partial charge in [-0.25, -0.2) is 8.42 Å². The predicted octanol–water partition coefficient (Wildman–Crippen LogP) is 1.22. The number of nitrogens with zero attached hydrogens (tertiary/aromatic N) is 2. The maximum absolute atomic E-state index is 12.7. The van der Waals surface area contributed by atoms with Crippen molar-refractivity contribution in [2.24, 2.45) is 5.92 Å². The molecule has 1 aliphatic heterocycles. The van der Waals surface area contributed by atoms with Crippen molar-refractivity contribution < 1.29 is 31.2 Å². The molecule has 2 fully saturated rings. The Morgan fingerprint density at radius 2 is 1.61 bits per heavy atom. The van der Waals surface area contributed by atoms with Gasteiger partial charge in [-0.2, -0.15) is 17.5 Å². The van der Waals surface area contributed by atoms with Crippen LogP contribution in [0.15, 0.2) is 29.2 Å². The van der Waals surface area contributed by atoms with Crippen LogP contribution in [0.1, 0.15) is 23.2 Å². The van der Waals surface area contributed by atoms with E-state index in [-0.39, 0.29) is 35.4 Å². The van der Waals surface area contributed by atoms with Crippen LogP contribution in [0.25, 0.3) is 0 Å². The molecule has 0 radical (unpaired) electrons. The molecule has 28 heavy (non-hydrogen) atoms. The molecular formula is C17H20F3N3O4S. The van der Waals surface area contributed by atoms with Crippen LogP contribution in [-0.2, 0) is 14.8 Å². The molecule has 1 aliphatic carbocycles. The van der Waals surface area contributed by atoms with Gasteiger partial charge in [0.25, 0.3) is 5.91 Å². The maximum atomic E-state index is 12.7. The summed E-state index contributed by atoms with van der Waals surface area (Å²) in [5.41, 5.74) is -0.0666. The lowest BCUT2D eigenvalue weighted by molar-refractivity contribution is -0.133. The molecule has 154 valence electrons. The predicted molar refractivity (Wildman–Crippen MR) is 92.9 cm³/mol. The highest BCUT2D eigenvalue weighted by Gasteiger charge is 2.36. The number of sulfonamides is 1. The Labute approximate surface area is 160 Å². The van der Waals surface area contributed by atoms with E-state index in [1.807, 2.05) is 0 Å². The summed E-state index contributed by atoms with van der Waals surface area (Å²) in [7, 11) is -3.81. The smallest absolute Gasteiger partial charge is 0.343 e. The van der Waals surface area contributed by atoms with Crippen LogP contribution >= 0.6 is 0 Å². The molecule has 0 atom stereocenters. The highest BCUT2D eigenvalue weighted by Crippen LogP contribution is 2.31. The molecule has 1 saturated carbocycles. The molecule has 1 saturated heterocycles. The number of piperazine rings is 1.